The molecule has 2 saturated heterocycles. The maximum absolute atomic E-state index is 6.05. The quantitative estimate of drug-likeness (QED) is 0.596. The lowest BCUT2D eigenvalue weighted by Crippen LogP contribution is -2.56. The van der Waals surface area contributed by atoms with Gasteiger partial charge in [0.2, 0.25) is 0 Å². The molecule has 0 bridgehead atoms. The van der Waals surface area contributed by atoms with Gasteiger partial charge in [-0.25, -0.2) is 0 Å². The van der Waals surface area contributed by atoms with Crippen LogP contribution in [0.5, 0.6) is 0 Å². The maximum atomic E-state index is 6.05. The van der Waals surface area contributed by atoms with Crippen LogP contribution in [0, 0.1) is 5.41 Å². The minimum Gasteiger partial charge on any atom is -0.472 e. The third kappa shape index (κ3) is 3.39. The summed E-state index contributed by atoms with van der Waals surface area (Å²) in [6.07, 6.45) is 9.16. The van der Waals surface area contributed by atoms with E-state index in [0.29, 0.717) is 12.7 Å². The second-order valence-electron chi connectivity index (χ2n) is 6.26. The van der Waals surface area contributed by atoms with Crippen LogP contribution < -0.4 is 0 Å². The number of fused-ring (bicyclic) bond motifs is 1. The summed E-state index contributed by atoms with van der Waals surface area (Å²) in [5.41, 5.74) is 1.39. The molecule has 1 aromatic heterocycles. The van der Waals surface area contributed by atoms with Crippen LogP contribution in [-0.2, 0) is 16.0 Å². The van der Waals surface area contributed by atoms with Gasteiger partial charge in [-0.15, -0.1) is 6.58 Å². The summed E-state index contributed by atoms with van der Waals surface area (Å²) >= 11 is 0. The number of likely N-dealkylation sites (tertiary alicyclic amines) is 1. The molecule has 0 amide bonds. The highest BCUT2D eigenvalue weighted by molar-refractivity contribution is 5.06. The number of ether oxygens (including phenoxy) is 2. The molecule has 2 aliphatic rings. The minimum atomic E-state index is 0.142. The Morgan fingerprint density at radius 3 is 3.29 bits per heavy atom. The molecule has 116 valence electrons. The second-order valence-corrected chi connectivity index (χ2v) is 6.26. The van der Waals surface area contributed by atoms with Gasteiger partial charge in [-0.1, -0.05) is 6.08 Å². The number of rotatable bonds is 6. The predicted molar refractivity (Wildman–Crippen MR) is 81.0 cm³/mol. The van der Waals surface area contributed by atoms with Crippen molar-refractivity contribution in [1.29, 1.82) is 0 Å². The Labute approximate surface area is 126 Å². The molecule has 2 atom stereocenters. The first-order valence-corrected chi connectivity index (χ1v) is 7.86. The van der Waals surface area contributed by atoms with Crippen LogP contribution >= 0.6 is 0 Å². The lowest BCUT2D eigenvalue weighted by atomic mass is 9.73. The van der Waals surface area contributed by atoms with Gasteiger partial charge >= 0.3 is 0 Å². The number of furan rings is 1. The second kappa shape index (κ2) is 6.77. The van der Waals surface area contributed by atoms with E-state index in [4.69, 9.17) is 13.9 Å². The van der Waals surface area contributed by atoms with Crippen LogP contribution in [0.3, 0.4) is 0 Å². The van der Waals surface area contributed by atoms with Crippen LogP contribution in [-0.4, -0.2) is 43.9 Å². The molecule has 2 aliphatic heterocycles. The molecule has 0 radical (unpaired) electrons. The van der Waals surface area contributed by atoms with E-state index in [1.54, 1.807) is 6.26 Å². The van der Waals surface area contributed by atoms with E-state index in [1.165, 1.54) is 12.0 Å². The highest BCUT2D eigenvalue weighted by atomic mass is 16.5. The van der Waals surface area contributed by atoms with Crippen LogP contribution in [0.25, 0.3) is 0 Å². The van der Waals surface area contributed by atoms with E-state index in [-0.39, 0.29) is 5.41 Å². The molecule has 21 heavy (non-hydrogen) atoms. The molecule has 4 heteroatoms. The van der Waals surface area contributed by atoms with Crippen molar-refractivity contribution in [3.63, 3.8) is 0 Å². The van der Waals surface area contributed by atoms with Gasteiger partial charge in [0.1, 0.15) is 0 Å². The number of hydrogen-bond acceptors (Lipinski definition) is 4. The van der Waals surface area contributed by atoms with Crippen LogP contribution in [0.1, 0.15) is 24.8 Å². The monoisotopic (exact) mass is 291 g/mol. The summed E-state index contributed by atoms with van der Waals surface area (Å²) in [6, 6.07) is 2.05. The fraction of sp³-hybridized carbons (Fsp3) is 0.647. The van der Waals surface area contributed by atoms with Crippen molar-refractivity contribution < 1.29 is 13.9 Å². The summed E-state index contributed by atoms with van der Waals surface area (Å²) in [4.78, 5) is 2.51. The fourth-order valence-corrected chi connectivity index (χ4v) is 3.71. The molecule has 0 unspecified atom stereocenters. The Bertz CT molecular complexity index is 445. The first kappa shape index (κ1) is 14.8. The zero-order valence-electron chi connectivity index (χ0n) is 12.6. The molecular weight excluding hydrogens is 266 g/mol. The zero-order chi connectivity index (χ0) is 14.5. The maximum Gasteiger partial charge on any atom is 0.0947 e. The SMILES string of the molecule is C=CCOC[C@@]12CCCO[C@H]1CCN(Cc1ccoc1)C2. The Balaban J connectivity index is 1.66. The van der Waals surface area contributed by atoms with Gasteiger partial charge in [0.05, 0.1) is 31.8 Å². The molecule has 2 fully saturated rings. The van der Waals surface area contributed by atoms with Crippen molar-refractivity contribution in [2.45, 2.75) is 31.9 Å². The van der Waals surface area contributed by atoms with Gasteiger partial charge in [-0.2, -0.15) is 0 Å². The van der Waals surface area contributed by atoms with E-state index in [9.17, 15) is 0 Å². The number of piperidine rings is 1. The molecule has 3 rings (SSSR count). The fourth-order valence-electron chi connectivity index (χ4n) is 3.71. The summed E-state index contributed by atoms with van der Waals surface area (Å²) in [5.74, 6) is 0. The van der Waals surface area contributed by atoms with Gasteiger partial charge < -0.3 is 13.9 Å². The Hall–Kier alpha value is -1.10. The molecule has 0 aromatic carbocycles. The van der Waals surface area contributed by atoms with E-state index < -0.39 is 0 Å². The Kier molecular flexibility index (Phi) is 4.78. The van der Waals surface area contributed by atoms with Crippen LogP contribution in [0.4, 0.5) is 0 Å². The normalized spacial score (nSPS) is 30.0. The third-order valence-corrected chi connectivity index (χ3v) is 4.68. The van der Waals surface area contributed by atoms with E-state index in [2.05, 4.69) is 11.5 Å². The van der Waals surface area contributed by atoms with Crippen molar-refractivity contribution >= 4 is 0 Å². The highest BCUT2D eigenvalue weighted by Gasteiger charge is 2.46. The average Bonchev–Trinajstić information content (AvgIpc) is 3.00. The van der Waals surface area contributed by atoms with E-state index in [1.807, 2.05) is 18.4 Å². The molecule has 0 saturated carbocycles. The lowest BCUT2D eigenvalue weighted by Gasteiger charge is -2.50. The molecule has 0 aliphatic carbocycles. The van der Waals surface area contributed by atoms with Crippen molar-refractivity contribution in [3.05, 3.63) is 36.8 Å². The number of hydrogen-bond donors (Lipinski definition) is 0. The topological polar surface area (TPSA) is 34.8 Å². The van der Waals surface area contributed by atoms with Crippen molar-refractivity contribution in [2.24, 2.45) is 5.41 Å². The minimum absolute atomic E-state index is 0.142. The van der Waals surface area contributed by atoms with Gasteiger partial charge in [0.25, 0.3) is 0 Å². The molecule has 0 spiro atoms. The van der Waals surface area contributed by atoms with Crippen molar-refractivity contribution in [3.8, 4) is 0 Å². The first-order chi connectivity index (χ1) is 10.3. The zero-order valence-corrected chi connectivity index (χ0v) is 12.6. The van der Waals surface area contributed by atoms with Crippen molar-refractivity contribution in [2.75, 3.05) is 32.9 Å². The van der Waals surface area contributed by atoms with Gasteiger partial charge in [0, 0.05) is 37.2 Å². The number of nitrogens with zero attached hydrogens (tertiary/aromatic N) is 1. The summed E-state index contributed by atoms with van der Waals surface area (Å²) in [7, 11) is 0. The summed E-state index contributed by atoms with van der Waals surface area (Å²) in [6.45, 7) is 9.10. The van der Waals surface area contributed by atoms with Gasteiger partial charge in [0.15, 0.2) is 0 Å². The van der Waals surface area contributed by atoms with E-state index >= 15 is 0 Å². The molecule has 3 heterocycles. The standard InChI is InChI=1S/C17H25NO3/c1-2-8-20-14-17-6-3-9-21-16(17)4-7-18(13-17)11-15-5-10-19-12-15/h2,5,10,12,16H,1,3-4,6-9,11,13-14H2/t16-,17-/m0/s1. The molecule has 4 nitrogen and oxygen atoms in total. The van der Waals surface area contributed by atoms with Crippen molar-refractivity contribution in [1.82, 2.24) is 4.90 Å². The summed E-state index contributed by atoms with van der Waals surface area (Å²) in [5, 5.41) is 0. The predicted octanol–water partition coefficient (Wildman–Crippen LogP) is 2.85. The van der Waals surface area contributed by atoms with Crippen LogP contribution in [0.2, 0.25) is 0 Å². The molecular formula is C17H25NO3. The van der Waals surface area contributed by atoms with Crippen LogP contribution in [0.15, 0.2) is 35.7 Å². The first-order valence-electron chi connectivity index (χ1n) is 7.86. The van der Waals surface area contributed by atoms with Gasteiger partial charge in [-0.3, -0.25) is 4.90 Å². The molecule has 1 aromatic rings. The molecule has 0 N–H and O–H groups in total. The smallest absolute Gasteiger partial charge is 0.0947 e. The average molecular weight is 291 g/mol. The Morgan fingerprint density at radius 2 is 2.48 bits per heavy atom. The van der Waals surface area contributed by atoms with E-state index in [0.717, 1.165) is 45.7 Å². The highest BCUT2D eigenvalue weighted by Crippen LogP contribution is 2.40. The lowest BCUT2D eigenvalue weighted by molar-refractivity contribution is -0.152. The van der Waals surface area contributed by atoms with Gasteiger partial charge in [-0.05, 0) is 25.3 Å². The third-order valence-electron chi connectivity index (χ3n) is 4.68. The summed E-state index contributed by atoms with van der Waals surface area (Å²) < 4.78 is 17.1. The largest absolute Gasteiger partial charge is 0.472 e. The Morgan fingerprint density at radius 1 is 1.52 bits per heavy atom.